The van der Waals surface area contributed by atoms with Crippen LogP contribution in [0.1, 0.15) is 73.1 Å². The van der Waals surface area contributed by atoms with Gasteiger partial charge in [-0.2, -0.15) is 0 Å². The number of ether oxygens (including phenoxy) is 7. The van der Waals surface area contributed by atoms with Crippen LogP contribution in [-0.2, 0) is 66.7 Å². The van der Waals surface area contributed by atoms with Crippen LogP contribution in [-0.4, -0.2) is 111 Å². The van der Waals surface area contributed by atoms with Crippen LogP contribution >= 0.6 is 0 Å². The Hall–Kier alpha value is -3.83. The normalized spacial score (nSPS) is 21.9. The summed E-state index contributed by atoms with van der Waals surface area (Å²) in [5, 5.41) is 5.27. The largest absolute Gasteiger partial charge is 0.469 e. The topological polar surface area (TPSA) is 234 Å². The number of nitrogens with one attached hydrogen (secondary N) is 2. The smallest absolute Gasteiger partial charge is 0.305 e. The summed E-state index contributed by atoms with van der Waals surface area (Å²) >= 11 is 0. The molecule has 0 aromatic rings. The first kappa shape index (κ1) is 40.2. The summed E-state index contributed by atoms with van der Waals surface area (Å²) in [6.45, 7) is 6.13. The molecule has 46 heavy (non-hydrogen) atoms. The van der Waals surface area contributed by atoms with E-state index in [1.54, 1.807) is 0 Å². The number of hydrogen-bond donors (Lipinski definition) is 3. The highest BCUT2D eigenvalue weighted by molar-refractivity contribution is 5.89. The van der Waals surface area contributed by atoms with Gasteiger partial charge in [0, 0.05) is 47.3 Å². The number of unbranched alkanes of at least 4 members (excludes halogenated alkanes) is 3. The van der Waals surface area contributed by atoms with Crippen LogP contribution < -0.4 is 16.4 Å². The zero-order chi connectivity index (χ0) is 34.8. The van der Waals surface area contributed by atoms with Gasteiger partial charge in [-0.25, -0.2) is 0 Å². The fourth-order valence-corrected chi connectivity index (χ4v) is 4.37. The van der Waals surface area contributed by atoms with Crippen molar-refractivity contribution in [3.63, 3.8) is 0 Å². The first-order valence-corrected chi connectivity index (χ1v) is 15.0. The molecule has 17 heteroatoms. The third-order valence-corrected chi connectivity index (χ3v) is 6.51. The first-order chi connectivity index (χ1) is 21.7. The lowest BCUT2D eigenvalue weighted by Gasteiger charge is -2.44. The third-order valence-electron chi connectivity index (χ3n) is 6.51. The number of hydrogen-bond acceptors (Lipinski definition) is 15. The van der Waals surface area contributed by atoms with Gasteiger partial charge in [-0.3, -0.25) is 33.6 Å². The molecule has 0 spiro atoms. The molecule has 7 atom stereocenters. The predicted octanol–water partition coefficient (Wildman–Crippen LogP) is -0.452. The molecule has 1 rings (SSSR count). The quantitative estimate of drug-likeness (QED) is 0.0903. The lowest BCUT2D eigenvalue weighted by Crippen LogP contribution is -2.63. The molecule has 0 aliphatic carbocycles. The minimum atomic E-state index is -1.32. The Morgan fingerprint density at radius 3 is 1.93 bits per heavy atom. The minimum Gasteiger partial charge on any atom is -0.469 e. The van der Waals surface area contributed by atoms with E-state index in [9.17, 15) is 33.6 Å². The van der Waals surface area contributed by atoms with Gasteiger partial charge in [-0.1, -0.05) is 12.8 Å². The highest BCUT2D eigenvalue weighted by Gasteiger charge is 2.52. The molecule has 4 N–H and O–H groups in total. The fraction of sp³-hybridized carbons (Fsp3) is 0.759. The highest BCUT2D eigenvalue weighted by atomic mass is 16.7. The minimum absolute atomic E-state index is 0.0492. The van der Waals surface area contributed by atoms with Gasteiger partial charge >= 0.3 is 29.8 Å². The van der Waals surface area contributed by atoms with E-state index in [1.807, 2.05) is 0 Å². The molecule has 262 valence electrons. The number of carbonyl (C=O) groups excluding carboxylic acids is 7. The summed E-state index contributed by atoms with van der Waals surface area (Å²) < 4.78 is 37.5. The fourth-order valence-electron chi connectivity index (χ4n) is 4.37. The Labute approximate surface area is 267 Å². The highest BCUT2D eigenvalue weighted by Crippen LogP contribution is 2.30. The van der Waals surface area contributed by atoms with E-state index in [2.05, 4.69) is 15.4 Å². The lowest BCUT2D eigenvalue weighted by molar-refractivity contribution is -0.308. The van der Waals surface area contributed by atoms with Crippen LogP contribution in [0.2, 0.25) is 0 Å². The van der Waals surface area contributed by atoms with Crippen molar-refractivity contribution < 1.29 is 66.7 Å². The second kappa shape index (κ2) is 21.1. The van der Waals surface area contributed by atoms with E-state index < -0.39 is 84.5 Å². The second-order valence-electron chi connectivity index (χ2n) is 10.6. The van der Waals surface area contributed by atoms with Crippen LogP contribution in [0.15, 0.2) is 0 Å². The molecule has 1 aliphatic heterocycles. The van der Waals surface area contributed by atoms with E-state index in [4.69, 9.17) is 34.2 Å². The molecule has 1 aliphatic rings. The van der Waals surface area contributed by atoms with E-state index >= 15 is 0 Å². The van der Waals surface area contributed by atoms with Crippen molar-refractivity contribution in [2.45, 2.75) is 116 Å². The van der Waals surface area contributed by atoms with E-state index in [-0.39, 0.29) is 26.1 Å². The Balaban J connectivity index is 2.73. The number of carbonyl (C=O) groups is 7. The van der Waals surface area contributed by atoms with Crippen LogP contribution in [0.3, 0.4) is 0 Å². The average molecular weight is 662 g/mol. The SMILES string of the molecule is COC(=O)CC[C@H](NC(=O)[C@@H](C)N)C(=O)NCCCCCCO[C@@H]1O[C@H](COC(C)=O)[C@@H](OC(C)=O)[C@H](OC(C)=O)[C@@H]1OC(C)=O. The van der Waals surface area contributed by atoms with Gasteiger partial charge in [-0.05, 0) is 26.2 Å². The zero-order valence-corrected chi connectivity index (χ0v) is 27.2. The number of rotatable bonds is 19. The van der Waals surface area contributed by atoms with Crippen LogP contribution in [0.25, 0.3) is 0 Å². The zero-order valence-electron chi connectivity index (χ0n) is 27.2. The lowest BCUT2D eigenvalue weighted by atomic mass is 9.98. The molecule has 0 aromatic carbocycles. The molecule has 0 aromatic heterocycles. The molecule has 1 heterocycles. The second-order valence-corrected chi connectivity index (χ2v) is 10.6. The van der Waals surface area contributed by atoms with Crippen molar-refractivity contribution >= 4 is 41.7 Å². The van der Waals surface area contributed by atoms with Gasteiger partial charge in [0.05, 0.1) is 13.2 Å². The summed E-state index contributed by atoms with van der Waals surface area (Å²) in [4.78, 5) is 83.3. The number of nitrogens with two attached hydrogens (primary N) is 1. The third kappa shape index (κ3) is 15.4. The molecule has 0 bridgehead atoms. The molecule has 1 fully saturated rings. The molecule has 0 unspecified atom stereocenters. The maximum absolute atomic E-state index is 12.6. The molecule has 17 nitrogen and oxygen atoms in total. The summed E-state index contributed by atoms with van der Waals surface area (Å²) in [5.74, 6) is -4.33. The first-order valence-electron chi connectivity index (χ1n) is 15.0. The Morgan fingerprint density at radius 1 is 0.783 bits per heavy atom. The number of methoxy groups -OCH3 is 1. The maximum atomic E-state index is 12.6. The summed E-state index contributed by atoms with van der Waals surface area (Å²) in [5.41, 5.74) is 5.57. The molecule has 1 saturated heterocycles. The van der Waals surface area contributed by atoms with Crippen molar-refractivity contribution in [3.8, 4) is 0 Å². The van der Waals surface area contributed by atoms with Gasteiger partial charge < -0.3 is 49.5 Å². The maximum Gasteiger partial charge on any atom is 0.305 e. The van der Waals surface area contributed by atoms with Gasteiger partial charge in [0.2, 0.25) is 11.8 Å². The van der Waals surface area contributed by atoms with Gasteiger partial charge in [0.25, 0.3) is 0 Å². The van der Waals surface area contributed by atoms with Crippen LogP contribution in [0.5, 0.6) is 0 Å². The van der Waals surface area contributed by atoms with Gasteiger partial charge in [-0.15, -0.1) is 0 Å². The molecule has 2 amide bonds. The van der Waals surface area contributed by atoms with E-state index in [0.717, 1.165) is 20.8 Å². The van der Waals surface area contributed by atoms with Crippen molar-refractivity contribution in [2.75, 3.05) is 26.9 Å². The summed E-state index contributed by atoms with van der Waals surface area (Å²) in [6.07, 6.45) is -3.81. The molecule has 0 radical (unpaired) electrons. The number of esters is 5. The number of amides is 2. The predicted molar refractivity (Wildman–Crippen MR) is 156 cm³/mol. The molecule has 0 saturated carbocycles. The molecular weight excluding hydrogens is 614 g/mol. The van der Waals surface area contributed by atoms with E-state index in [1.165, 1.54) is 21.0 Å². The van der Waals surface area contributed by atoms with Crippen molar-refractivity contribution in [1.82, 2.24) is 10.6 Å². The van der Waals surface area contributed by atoms with Crippen molar-refractivity contribution in [3.05, 3.63) is 0 Å². The van der Waals surface area contributed by atoms with Crippen molar-refractivity contribution in [1.29, 1.82) is 0 Å². The summed E-state index contributed by atoms with van der Waals surface area (Å²) in [7, 11) is 1.23. The monoisotopic (exact) mass is 661 g/mol. The Kier molecular flexibility index (Phi) is 18.4. The Bertz CT molecular complexity index is 1050. The summed E-state index contributed by atoms with van der Waals surface area (Å²) in [6, 6.07) is -1.78. The Morgan fingerprint density at radius 2 is 1.37 bits per heavy atom. The standard InChI is InChI=1S/C29H47N3O14/c1-16(30)27(38)32-21(11-12-23(37)40-6)28(39)31-13-9-7-8-10-14-41-29-26(45-20(5)36)25(44-19(4)35)24(43-18(3)34)22(46-29)15-42-17(2)33/h16,21-22,24-26,29H,7-15,30H2,1-6H3,(H,31,39)(H,32,38)/t16-,21+,22-,24-,25+,26+,29-/m1/s1. The van der Waals surface area contributed by atoms with E-state index in [0.29, 0.717) is 32.2 Å². The van der Waals surface area contributed by atoms with Crippen molar-refractivity contribution in [2.24, 2.45) is 5.73 Å². The van der Waals surface area contributed by atoms with Gasteiger partial charge in [0.15, 0.2) is 24.6 Å². The van der Waals surface area contributed by atoms with Crippen LogP contribution in [0, 0.1) is 0 Å². The van der Waals surface area contributed by atoms with Gasteiger partial charge in [0.1, 0.15) is 18.8 Å². The molecular formula is C29H47N3O14. The average Bonchev–Trinajstić information content (AvgIpc) is 2.96. The van der Waals surface area contributed by atoms with Crippen LogP contribution in [0.4, 0.5) is 0 Å².